The van der Waals surface area contributed by atoms with E-state index in [1.807, 2.05) is 6.92 Å². The quantitative estimate of drug-likeness (QED) is 0.215. The summed E-state index contributed by atoms with van der Waals surface area (Å²) in [6.07, 6.45) is 0. The number of hydrogen-bond donors (Lipinski definition) is 0. The Morgan fingerprint density at radius 2 is 0.975 bits per heavy atom. The molecule has 2 heteroatoms. The van der Waals surface area contributed by atoms with Crippen LogP contribution in [0.2, 0.25) is 0 Å². The maximum Gasteiger partial charge on any atom is 0.139 e. The summed E-state index contributed by atoms with van der Waals surface area (Å²) in [5.41, 5.74) is 1.76. The highest BCUT2D eigenvalue weighted by Gasteiger charge is 2.21. The average molecular weight is 513 g/mol. The molecule has 0 aliphatic carbocycles. The minimum absolute atomic E-state index is 0.591. The second-order valence-electron chi connectivity index (χ2n) is 10.6. The van der Waals surface area contributed by atoms with Crippen molar-refractivity contribution in [3.8, 4) is 5.75 Å². The van der Waals surface area contributed by atoms with Gasteiger partial charge >= 0.3 is 0 Å². The Morgan fingerprint density at radius 3 is 1.65 bits per heavy atom. The van der Waals surface area contributed by atoms with E-state index in [1.165, 1.54) is 64.6 Å². The molecular weight excluding hydrogens is 488 g/mol. The molecule has 2 nitrogen and oxygen atoms in total. The summed E-state index contributed by atoms with van der Waals surface area (Å²) in [4.78, 5) is 0. The highest BCUT2D eigenvalue weighted by atomic mass is 16.5. The number of hydrogen-bond acceptors (Lipinski definition) is 2. The second kappa shape index (κ2) is 7.97. The van der Waals surface area contributed by atoms with Gasteiger partial charge in [-0.25, -0.2) is 0 Å². The second-order valence-corrected chi connectivity index (χ2v) is 10.6. The SMILES string of the molecule is CCOc1cc2oc3ccc4ccc5ccc6ccccc6c5c4c3c2c2c1ccc1ccc3ccccc3c12. The van der Waals surface area contributed by atoms with Gasteiger partial charge in [-0.2, -0.15) is 0 Å². The van der Waals surface area contributed by atoms with Gasteiger partial charge in [-0.05, 0) is 67.5 Å². The summed E-state index contributed by atoms with van der Waals surface area (Å²) in [5, 5.41) is 17.0. The molecule has 40 heavy (non-hydrogen) atoms. The minimum atomic E-state index is 0.591. The lowest BCUT2D eigenvalue weighted by Gasteiger charge is -2.14. The third kappa shape index (κ3) is 2.83. The van der Waals surface area contributed by atoms with E-state index in [-0.39, 0.29) is 0 Å². The van der Waals surface area contributed by atoms with E-state index in [1.54, 1.807) is 0 Å². The monoisotopic (exact) mass is 512 g/mol. The number of benzene rings is 8. The van der Waals surface area contributed by atoms with Crippen molar-refractivity contribution in [3.05, 3.63) is 115 Å². The molecule has 0 saturated heterocycles. The molecule has 0 spiro atoms. The fraction of sp³-hybridized carbons (Fsp3) is 0.0526. The zero-order valence-electron chi connectivity index (χ0n) is 22.0. The van der Waals surface area contributed by atoms with Crippen LogP contribution in [0.5, 0.6) is 5.75 Å². The summed E-state index contributed by atoms with van der Waals surface area (Å²) >= 11 is 0. The van der Waals surface area contributed by atoms with Crippen molar-refractivity contribution in [1.82, 2.24) is 0 Å². The summed E-state index contributed by atoms with van der Waals surface area (Å²) in [6, 6.07) is 41.6. The first-order valence-electron chi connectivity index (χ1n) is 13.9. The van der Waals surface area contributed by atoms with Crippen LogP contribution in [0.1, 0.15) is 6.92 Å². The zero-order valence-corrected chi connectivity index (χ0v) is 22.0. The van der Waals surface area contributed by atoms with Crippen molar-refractivity contribution >= 4 is 86.6 Å². The topological polar surface area (TPSA) is 22.4 Å². The van der Waals surface area contributed by atoms with E-state index in [0.29, 0.717) is 6.61 Å². The van der Waals surface area contributed by atoms with Crippen LogP contribution < -0.4 is 4.74 Å². The van der Waals surface area contributed by atoms with E-state index in [2.05, 4.69) is 115 Å². The Balaban J connectivity index is 1.64. The van der Waals surface area contributed by atoms with E-state index in [4.69, 9.17) is 9.15 Å². The van der Waals surface area contributed by atoms with Crippen LogP contribution in [-0.2, 0) is 0 Å². The highest BCUT2D eigenvalue weighted by molar-refractivity contribution is 6.39. The van der Waals surface area contributed by atoms with Crippen LogP contribution >= 0.6 is 0 Å². The Hall–Kier alpha value is -5.08. The van der Waals surface area contributed by atoms with E-state index in [9.17, 15) is 0 Å². The fourth-order valence-electron chi connectivity index (χ4n) is 6.90. The highest BCUT2D eigenvalue weighted by Crippen LogP contribution is 2.47. The third-order valence-electron chi connectivity index (χ3n) is 8.56. The lowest BCUT2D eigenvalue weighted by Crippen LogP contribution is -1.93. The number of ether oxygens (including phenoxy) is 1. The first-order chi connectivity index (χ1) is 19.8. The molecule has 9 aromatic rings. The third-order valence-corrected chi connectivity index (χ3v) is 8.56. The van der Waals surface area contributed by atoms with Crippen LogP contribution in [0.15, 0.2) is 120 Å². The molecule has 1 heterocycles. The maximum absolute atomic E-state index is 6.70. The largest absolute Gasteiger partial charge is 0.493 e. The van der Waals surface area contributed by atoms with Crippen LogP contribution in [-0.4, -0.2) is 6.61 Å². The molecule has 0 bridgehead atoms. The molecule has 0 fully saturated rings. The summed E-state index contributed by atoms with van der Waals surface area (Å²) in [5.74, 6) is 0.860. The maximum atomic E-state index is 6.70. The van der Waals surface area contributed by atoms with Gasteiger partial charge in [-0.1, -0.05) is 97.1 Å². The average Bonchev–Trinajstić information content (AvgIpc) is 3.39. The number of furan rings is 1. The molecule has 8 aromatic carbocycles. The van der Waals surface area contributed by atoms with Gasteiger partial charge in [0.2, 0.25) is 0 Å². The normalized spacial score (nSPS) is 12.2. The molecule has 0 aliphatic heterocycles. The number of rotatable bonds is 2. The van der Waals surface area contributed by atoms with Crippen LogP contribution in [0.25, 0.3) is 86.6 Å². The van der Waals surface area contributed by atoms with Crippen molar-refractivity contribution in [2.75, 3.05) is 6.61 Å². The molecule has 1 aromatic heterocycles. The van der Waals surface area contributed by atoms with Crippen molar-refractivity contribution in [2.24, 2.45) is 0 Å². The van der Waals surface area contributed by atoms with Gasteiger partial charge in [0.05, 0.1) is 6.61 Å². The Labute approximate surface area is 230 Å². The molecule has 0 radical (unpaired) electrons. The van der Waals surface area contributed by atoms with Crippen LogP contribution in [0, 0.1) is 0 Å². The Bertz CT molecular complexity index is 2490. The summed E-state index contributed by atoms with van der Waals surface area (Å²) in [7, 11) is 0. The van der Waals surface area contributed by atoms with Gasteiger partial charge in [-0.15, -0.1) is 0 Å². The smallest absolute Gasteiger partial charge is 0.139 e. The Kier molecular flexibility index (Phi) is 4.34. The van der Waals surface area contributed by atoms with Gasteiger partial charge in [0.15, 0.2) is 0 Å². The minimum Gasteiger partial charge on any atom is -0.493 e. The lowest BCUT2D eigenvalue weighted by molar-refractivity contribution is 0.344. The Morgan fingerprint density at radius 1 is 0.450 bits per heavy atom. The zero-order chi connectivity index (χ0) is 26.4. The first kappa shape index (κ1) is 21.8. The van der Waals surface area contributed by atoms with E-state index >= 15 is 0 Å². The van der Waals surface area contributed by atoms with E-state index < -0.39 is 0 Å². The molecule has 0 amide bonds. The van der Waals surface area contributed by atoms with Gasteiger partial charge in [0.1, 0.15) is 16.9 Å². The van der Waals surface area contributed by atoms with Gasteiger partial charge in [-0.3, -0.25) is 0 Å². The van der Waals surface area contributed by atoms with Crippen molar-refractivity contribution in [3.63, 3.8) is 0 Å². The number of fused-ring (bicyclic) bond motifs is 15. The van der Waals surface area contributed by atoms with Gasteiger partial charge < -0.3 is 9.15 Å². The predicted molar refractivity (Wildman–Crippen MR) is 170 cm³/mol. The van der Waals surface area contributed by atoms with Crippen molar-refractivity contribution in [2.45, 2.75) is 6.92 Å². The predicted octanol–water partition coefficient (Wildman–Crippen LogP) is 10.9. The lowest BCUT2D eigenvalue weighted by atomic mass is 9.90. The molecule has 188 valence electrons. The standard InChI is InChI=1S/C38H24O2/c1-2-39-31-21-32-38(36-29(31)19-17-25-14-12-23-8-4-6-10-28(23)34(25)36)37-30(40-32)20-18-26-16-15-24-13-11-22-7-3-5-9-27(22)33(24)35(26)37/h3-21H,2H2,1H3. The van der Waals surface area contributed by atoms with Crippen molar-refractivity contribution in [1.29, 1.82) is 0 Å². The molecule has 0 saturated carbocycles. The molecule has 0 unspecified atom stereocenters. The van der Waals surface area contributed by atoms with Crippen LogP contribution in [0.4, 0.5) is 0 Å². The molecule has 9 rings (SSSR count). The first-order valence-corrected chi connectivity index (χ1v) is 13.9. The molecular formula is C38H24O2. The summed E-state index contributed by atoms with van der Waals surface area (Å²) in [6.45, 7) is 2.63. The van der Waals surface area contributed by atoms with Gasteiger partial charge in [0, 0.05) is 33.0 Å². The van der Waals surface area contributed by atoms with E-state index in [0.717, 1.165) is 27.7 Å². The molecule has 0 N–H and O–H groups in total. The molecule has 0 aliphatic rings. The molecule has 0 atom stereocenters. The van der Waals surface area contributed by atoms with Crippen molar-refractivity contribution < 1.29 is 9.15 Å². The summed E-state index contributed by atoms with van der Waals surface area (Å²) < 4.78 is 12.9. The van der Waals surface area contributed by atoms with Gasteiger partial charge in [0.25, 0.3) is 0 Å². The van der Waals surface area contributed by atoms with Crippen LogP contribution in [0.3, 0.4) is 0 Å². The fourth-order valence-corrected chi connectivity index (χ4v) is 6.90.